The molecular formula is C18H10F17N5O3. The first-order chi connectivity index (χ1) is 19.0. The minimum absolute atomic E-state index is 0.442. The number of carbonyl (C=O) groups is 1. The molecule has 0 heterocycles. The lowest BCUT2D eigenvalue weighted by Gasteiger charge is -2.42. The number of carbonyl (C=O) groups excluding carboxylic acids is 1. The van der Waals surface area contributed by atoms with Gasteiger partial charge in [0, 0.05) is 29.6 Å². The molecule has 0 aliphatic heterocycles. The second-order valence-corrected chi connectivity index (χ2v) is 8.16. The number of azide groups is 1. The number of nitrogens with one attached hydrogen (secondary N) is 1. The van der Waals surface area contributed by atoms with Crippen molar-refractivity contribution in [3.63, 3.8) is 0 Å². The summed E-state index contributed by atoms with van der Waals surface area (Å²) in [4.78, 5) is 24.2. The van der Waals surface area contributed by atoms with E-state index >= 15 is 0 Å². The summed E-state index contributed by atoms with van der Waals surface area (Å²) < 4.78 is 226. The lowest BCUT2D eigenvalue weighted by Crippen LogP contribution is -2.74. The van der Waals surface area contributed by atoms with Crippen molar-refractivity contribution in [1.82, 2.24) is 5.32 Å². The summed E-state index contributed by atoms with van der Waals surface area (Å²) in [5.41, 5.74) is 5.91. The van der Waals surface area contributed by atoms with Crippen molar-refractivity contribution in [2.45, 2.75) is 60.5 Å². The molecular weight excluding hydrogens is 657 g/mol. The molecule has 8 nitrogen and oxygen atoms in total. The molecule has 1 aromatic rings. The van der Waals surface area contributed by atoms with E-state index in [1.807, 2.05) is 0 Å². The maximum absolute atomic E-state index is 13.9. The number of alkyl halides is 17. The number of hydrogen-bond acceptors (Lipinski definition) is 4. The summed E-state index contributed by atoms with van der Waals surface area (Å²) in [7, 11) is 0. The van der Waals surface area contributed by atoms with Crippen LogP contribution in [0.5, 0.6) is 0 Å². The van der Waals surface area contributed by atoms with Crippen LogP contribution in [0.25, 0.3) is 10.4 Å². The highest BCUT2D eigenvalue weighted by atomic mass is 19.4. The van der Waals surface area contributed by atoms with Gasteiger partial charge in [0.25, 0.3) is 11.6 Å². The van der Waals surface area contributed by atoms with Crippen LogP contribution in [0.1, 0.15) is 23.2 Å². The molecule has 1 rings (SSSR count). The minimum Gasteiger partial charge on any atom is -0.352 e. The zero-order valence-corrected chi connectivity index (χ0v) is 19.8. The molecule has 0 radical (unpaired) electrons. The Balaban J connectivity index is 3.25. The van der Waals surface area contributed by atoms with Gasteiger partial charge in [-0.2, -0.15) is 74.6 Å². The van der Waals surface area contributed by atoms with E-state index in [2.05, 4.69) is 10.0 Å². The van der Waals surface area contributed by atoms with Crippen LogP contribution in [0.4, 0.5) is 86.0 Å². The minimum atomic E-state index is -8.74. The van der Waals surface area contributed by atoms with E-state index in [1.54, 1.807) is 0 Å². The molecule has 25 heteroatoms. The van der Waals surface area contributed by atoms with Gasteiger partial charge in [-0.1, -0.05) is 5.11 Å². The van der Waals surface area contributed by atoms with Gasteiger partial charge in [0.15, 0.2) is 0 Å². The zero-order valence-electron chi connectivity index (χ0n) is 19.8. The van der Waals surface area contributed by atoms with Gasteiger partial charge in [0.2, 0.25) is 0 Å². The van der Waals surface area contributed by atoms with Gasteiger partial charge in [-0.05, 0) is 24.1 Å². The van der Waals surface area contributed by atoms with Gasteiger partial charge >= 0.3 is 47.6 Å². The quantitative estimate of drug-likeness (QED) is 0.0436. The standard InChI is InChI=1S/C18H10F17N5O3/c19-11(20,4-1-5-37-10(41)8-6-7(38-39-36)2-3-9(8)40(42)43)12(21,22)13(23,24)14(25,26)15(27,28)16(29,30)17(31,32)18(33,34)35/h2-3,6H,1,4-5H2,(H,37,41). The van der Waals surface area contributed by atoms with Gasteiger partial charge < -0.3 is 5.32 Å². The van der Waals surface area contributed by atoms with Crippen LogP contribution in [-0.2, 0) is 0 Å². The Kier molecular flexibility index (Phi) is 9.85. The van der Waals surface area contributed by atoms with Crippen molar-refractivity contribution in [3.05, 3.63) is 44.3 Å². The smallest absolute Gasteiger partial charge is 0.352 e. The van der Waals surface area contributed by atoms with E-state index in [-0.39, 0.29) is 0 Å². The van der Waals surface area contributed by atoms with Crippen LogP contribution < -0.4 is 5.32 Å². The molecule has 0 aliphatic rings. The summed E-state index contributed by atoms with van der Waals surface area (Å²) in [5.74, 6) is -58.8. The molecule has 1 N–H and O–H groups in total. The fourth-order valence-electron chi connectivity index (χ4n) is 2.94. The van der Waals surface area contributed by atoms with Crippen molar-refractivity contribution in [2.24, 2.45) is 5.11 Å². The summed E-state index contributed by atoms with van der Waals surface area (Å²) >= 11 is 0. The number of rotatable bonds is 13. The van der Waals surface area contributed by atoms with Gasteiger partial charge in [0.1, 0.15) is 5.56 Å². The molecule has 0 saturated heterocycles. The first-order valence-corrected chi connectivity index (χ1v) is 10.3. The van der Waals surface area contributed by atoms with Crippen molar-refractivity contribution in [2.75, 3.05) is 6.54 Å². The Labute approximate surface area is 224 Å². The number of hydrogen-bond donors (Lipinski definition) is 1. The lowest BCUT2D eigenvalue weighted by molar-refractivity contribution is -0.461. The second-order valence-electron chi connectivity index (χ2n) is 8.16. The summed E-state index contributed by atoms with van der Waals surface area (Å²) in [6.07, 6.45) is -12.3. The Hall–Kier alpha value is -3.79. The highest BCUT2D eigenvalue weighted by Gasteiger charge is 2.95. The number of nitrogens with zero attached hydrogens (tertiary/aromatic N) is 4. The number of nitro benzene ring substituents is 1. The van der Waals surface area contributed by atoms with Crippen molar-refractivity contribution in [1.29, 1.82) is 0 Å². The second kappa shape index (κ2) is 11.4. The molecule has 43 heavy (non-hydrogen) atoms. The maximum Gasteiger partial charge on any atom is 0.460 e. The summed E-state index contributed by atoms with van der Waals surface area (Å²) in [6.45, 7) is -1.36. The van der Waals surface area contributed by atoms with Gasteiger partial charge in [0.05, 0.1) is 4.92 Å². The topological polar surface area (TPSA) is 121 Å². The van der Waals surface area contributed by atoms with Crippen LogP contribution in [-0.4, -0.2) is 65.0 Å². The fourth-order valence-corrected chi connectivity index (χ4v) is 2.94. The average Bonchev–Trinajstić information content (AvgIpc) is 2.85. The molecule has 0 bridgehead atoms. The van der Waals surface area contributed by atoms with E-state index in [1.165, 1.54) is 5.32 Å². The highest BCUT2D eigenvalue weighted by Crippen LogP contribution is 2.64. The van der Waals surface area contributed by atoms with Gasteiger partial charge in [-0.25, -0.2) is 0 Å². The predicted octanol–water partition coefficient (Wildman–Crippen LogP) is 8.06. The Morgan fingerprint density at radius 3 is 1.65 bits per heavy atom. The fraction of sp³-hybridized carbons (Fsp3) is 0.611. The normalized spacial score (nSPS) is 14.3. The molecule has 0 aliphatic carbocycles. The van der Waals surface area contributed by atoms with Crippen LogP contribution in [0.3, 0.4) is 0 Å². The largest absolute Gasteiger partial charge is 0.460 e. The van der Waals surface area contributed by atoms with Crippen molar-refractivity contribution >= 4 is 17.3 Å². The van der Waals surface area contributed by atoms with E-state index in [9.17, 15) is 89.5 Å². The lowest BCUT2D eigenvalue weighted by atomic mass is 9.88. The van der Waals surface area contributed by atoms with Gasteiger partial charge in [-0.15, -0.1) is 0 Å². The Morgan fingerprint density at radius 1 is 0.791 bits per heavy atom. The summed E-state index contributed by atoms with van der Waals surface area (Å²) in [6, 6.07) is 1.97. The van der Waals surface area contributed by atoms with Crippen LogP contribution in [0.15, 0.2) is 23.3 Å². The highest BCUT2D eigenvalue weighted by molar-refractivity contribution is 5.98. The molecule has 0 aromatic heterocycles. The molecule has 1 amide bonds. The summed E-state index contributed by atoms with van der Waals surface area (Å²) in [5, 5.41) is 15.5. The monoisotopic (exact) mass is 667 g/mol. The zero-order chi connectivity index (χ0) is 34.3. The molecule has 0 fully saturated rings. The van der Waals surface area contributed by atoms with E-state index < -0.39 is 94.8 Å². The van der Waals surface area contributed by atoms with Gasteiger partial charge in [-0.3, -0.25) is 14.9 Å². The SMILES string of the molecule is [N-]=[N+]=Nc1ccc([N+](=O)[O-])c(C(=O)NCCCC(F)(F)C(F)(F)C(F)(F)C(F)(F)C(F)(F)C(F)(F)C(F)(F)C(F)(F)F)c1. The average molecular weight is 667 g/mol. The van der Waals surface area contributed by atoms with Crippen LogP contribution >= 0.6 is 0 Å². The molecule has 0 spiro atoms. The third-order valence-electron chi connectivity index (χ3n) is 5.32. The van der Waals surface area contributed by atoms with Crippen molar-refractivity contribution in [3.8, 4) is 0 Å². The number of benzene rings is 1. The maximum atomic E-state index is 13.9. The van der Waals surface area contributed by atoms with E-state index in [4.69, 9.17) is 5.53 Å². The number of halogens is 17. The number of amides is 1. The van der Waals surface area contributed by atoms with E-state index in [0.717, 1.165) is 6.07 Å². The first-order valence-electron chi connectivity index (χ1n) is 10.3. The van der Waals surface area contributed by atoms with E-state index in [0.29, 0.717) is 12.1 Å². The third-order valence-corrected chi connectivity index (χ3v) is 5.32. The number of nitro groups is 1. The molecule has 0 saturated carbocycles. The van der Waals surface area contributed by atoms with Crippen LogP contribution in [0, 0.1) is 10.1 Å². The molecule has 0 atom stereocenters. The Bertz CT molecular complexity index is 1280. The molecule has 0 unspecified atom stereocenters. The first kappa shape index (κ1) is 37.2. The molecule has 244 valence electrons. The molecule has 1 aromatic carbocycles. The third kappa shape index (κ3) is 6.02. The van der Waals surface area contributed by atoms with Crippen molar-refractivity contribution < 1.29 is 84.4 Å². The predicted molar refractivity (Wildman–Crippen MR) is 104 cm³/mol. The Morgan fingerprint density at radius 2 is 1.23 bits per heavy atom. The van der Waals surface area contributed by atoms with Crippen LogP contribution in [0.2, 0.25) is 0 Å².